The molecule has 0 radical (unpaired) electrons. The van der Waals surface area contributed by atoms with E-state index in [9.17, 15) is 4.39 Å². The first kappa shape index (κ1) is 17.5. The summed E-state index contributed by atoms with van der Waals surface area (Å²) in [5, 5.41) is 9.49. The summed E-state index contributed by atoms with van der Waals surface area (Å²) in [6.45, 7) is 2.56. The van der Waals surface area contributed by atoms with Crippen molar-refractivity contribution >= 4 is 11.8 Å². The van der Waals surface area contributed by atoms with Crippen LogP contribution >= 0.6 is 11.8 Å². The number of aryl methyl sites for hydroxylation is 1. The zero-order valence-electron chi connectivity index (χ0n) is 14.8. The Hall–Kier alpha value is -2.86. The smallest absolute Gasteiger partial charge is 0.192 e. The second-order valence-corrected chi connectivity index (χ2v) is 7.16. The van der Waals surface area contributed by atoms with Gasteiger partial charge in [0.15, 0.2) is 11.0 Å². The summed E-state index contributed by atoms with van der Waals surface area (Å²) in [7, 11) is 0. The fourth-order valence-electron chi connectivity index (χ4n) is 2.85. The van der Waals surface area contributed by atoms with Crippen molar-refractivity contribution in [1.82, 2.24) is 14.8 Å². The molecule has 2 aromatic heterocycles. The van der Waals surface area contributed by atoms with Crippen LogP contribution in [-0.2, 0) is 12.3 Å². The zero-order chi connectivity index (χ0) is 18.6. The largest absolute Gasteiger partial charge is 0.467 e. The van der Waals surface area contributed by atoms with Gasteiger partial charge in [-0.25, -0.2) is 4.39 Å². The lowest BCUT2D eigenvalue weighted by atomic mass is 10.1. The number of hydrogen-bond donors (Lipinski definition) is 0. The number of hydrogen-bond acceptors (Lipinski definition) is 4. The summed E-state index contributed by atoms with van der Waals surface area (Å²) in [5.41, 5.74) is 2.79. The molecule has 0 spiro atoms. The minimum absolute atomic E-state index is 0.207. The van der Waals surface area contributed by atoms with Crippen molar-refractivity contribution in [3.63, 3.8) is 0 Å². The monoisotopic (exact) mass is 379 g/mol. The van der Waals surface area contributed by atoms with Crippen molar-refractivity contribution in [3.05, 3.63) is 89.6 Å². The van der Waals surface area contributed by atoms with E-state index in [1.165, 1.54) is 17.8 Å². The Balaban J connectivity index is 1.67. The third-order valence-electron chi connectivity index (χ3n) is 4.20. The van der Waals surface area contributed by atoms with Gasteiger partial charge in [-0.15, -0.1) is 10.2 Å². The molecule has 0 unspecified atom stereocenters. The highest BCUT2D eigenvalue weighted by molar-refractivity contribution is 7.98. The van der Waals surface area contributed by atoms with Crippen molar-refractivity contribution in [1.29, 1.82) is 0 Å². The maximum absolute atomic E-state index is 13.9. The van der Waals surface area contributed by atoms with E-state index in [2.05, 4.69) is 16.3 Å². The molecular formula is C21H18FN3OS. The number of nitrogens with zero attached hydrogens (tertiary/aromatic N) is 3. The van der Waals surface area contributed by atoms with Crippen LogP contribution in [0, 0.1) is 12.7 Å². The Morgan fingerprint density at radius 3 is 2.70 bits per heavy atom. The highest BCUT2D eigenvalue weighted by atomic mass is 32.2. The van der Waals surface area contributed by atoms with Gasteiger partial charge in [0.2, 0.25) is 0 Å². The van der Waals surface area contributed by atoms with Crippen LogP contribution in [0.1, 0.15) is 16.9 Å². The Kier molecular flexibility index (Phi) is 5.07. The summed E-state index contributed by atoms with van der Waals surface area (Å²) in [6.07, 6.45) is 1.65. The van der Waals surface area contributed by atoms with Crippen LogP contribution in [0.3, 0.4) is 0 Å². The molecule has 4 nitrogen and oxygen atoms in total. The highest BCUT2D eigenvalue weighted by Gasteiger charge is 2.16. The van der Waals surface area contributed by atoms with Gasteiger partial charge in [-0.1, -0.05) is 53.7 Å². The first-order chi connectivity index (χ1) is 13.2. The van der Waals surface area contributed by atoms with Crippen LogP contribution in [0.25, 0.3) is 11.4 Å². The molecule has 136 valence electrons. The molecule has 0 aliphatic carbocycles. The fraction of sp³-hybridized carbons (Fsp3) is 0.143. The van der Waals surface area contributed by atoms with E-state index >= 15 is 0 Å². The number of benzene rings is 2. The van der Waals surface area contributed by atoms with Gasteiger partial charge in [0.05, 0.1) is 12.8 Å². The summed E-state index contributed by atoms with van der Waals surface area (Å²) in [5.74, 6) is 1.86. The SMILES string of the molecule is Cc1cccc(-c2nnc(SCc3ccccc3F)n2Cc2ccco2)c1. The van der Waals surface area contributed by atoms with E-state index in [0.29, 0.717) is 17.9 Å². The quantitative estimate of drug-likeness (QED) is 0.425. The average Bonchev–Trinajstić information content (AvgIpc) is 3.32. The molecule has 6 heteroatoms. The number of aromatic nitrogens is 3. The summed E-state index contributed by atoms with van der Waals surface area (Å²) in [4.78, 5) is 0. The highest BCUT2D eigenvalue weighted by Crippen LogP contribution is 2.28. The molecular weight excluding hydrogens is 361 g/mol. The lowest BCUT2D eigenvalue weighted by Gasteiger charge is -2.09. The summed E-state index contributed by atoms with van der Waals surface area (Å²) >= 11 is 1.46. The molecule has 0 atom stereocenters. The lowest BCUT2D eigenvalue weighted by Crippen LogP contribution is -2.03. The average molecular weight is 379 g/mol. The Morgan fingerprint density at radius 2 is 1.93 bits per heavy atom. The Bertz CT molecular complexity index is 1040. The van der Waals surface area contributed by atoms with Gasteiger partial charge in [-0.05, 0) is 36.8 Å². The van der Waals surface area contributed by atoms with Gasteiger partial charge in [0.25, 0.3) is 0 Å². The topological polar surface area (TPSA) is 43.9 Å². The molecule has 2 heterocycles. The minimum Gasteiger partial charge on any atom is -0.467 e. The number of furan rings is 1. The van der Waals surface area contributed by atoms with Crippen molar-refractivity contribution in [2.45, 2.75) is 24.4 Å². The second kappa shape index (κ2) is 7.80. The maximum Gasteiger partial charge on any atom is 0.192 e. The fourth-order valence-corrected chi connectivity index (χ4v) is 3.78. The molecule has 2 aromatic carbocycles. The van der Waals surface area contributed by atoms with E-state index < -0.39 is 0 Å². The molecule has 27 heavy (non-hydrogen) atoms. The molecule has 0 aliphatic rings. The molecule has 4 rings (SSSR count). The van der Waals surface area contributed by atoms with Gasteiger partial charge < -0.3 is 4.42 Å². The van der Waals surface area contributed by atoms with E-state index in [0.717, 1.165) is 27.9 Å². The van der Waals surface area contributed by atoms with E-state index in [-0.39, 0.29) is 5.82 Å². The second-order valence-electron chi connectivity index (χ2n) is 6.22. The standard InChI is InChI=1S/C21H18FN3OS/c1-15-6-4-8-16(12-15)20-23-24-21(25(20)13-18-9-5-11-26-18)27-14-17-7-2-3-10-19(17)22/h2-12H,13-14H2,1H3. The van der Waals surface area contributed by atoms with Crippen LogP contribution in [0.15, 0.2) is 76.5 Å². The molecule has 0 amide bonds. The van der Waals surface area contributed by atoms with Crippen LogP contribution in [0.4, 0.5) is 4.39 Å². The first-order valence-electron chi connectivity index (χ1n) is 8.59. The van der Waals surface area contributed by atoms with Gasteiger partial charge >= 0.3 is 0 Å². The number of rotatable bonds is 6. The van der Waals surface area contributed by atoms with E-state index in [4.69, 9.17) is 4.42 Å². The third kappa shape index (κ3) is 3.95. The number of halogens is 1. The van der Waals surface area contributed by atoms with Crippen molar-refractivity contribution in [2.24, 2.45) is 0 Å². The normalized spacial score (nSPS) is 11.0. The Morgan fingerprint density at radius 1 is 1.04 bits per heavy atom. The predicted octanol–water partition coefficient (Wildman–Crippen LogP) is 5.33. The van der Waals surface area contributed by atoms with Crippen LogP contribution in [0.2, 0.25) is 0 Å². The first-order valence-corrected chi connectivity index (χ1v) is 9.58. The number of thioether (sulfide) groups is 1. The third-order valence-corrected chi connectivity index (χ3v) is 5.22. The maximum atomic E-state index is 13.9. The molecule has 4 aromatic rings. The van der Waals surface area contributed by atoms with Crippen LogP contribution in [0.5, 0.6) is 0 Å². The van der Waals surface area contributed by atoms with Crippen molar-refractivity contribution < 1.29 is 8.81 Å². The molecule has 0 saturated heterocycles. The molecule has 0 N–H and O–H groups in total. The lowest BCUT2D eigenvalue weighted by molar-refractivity contribution is 0.485. The van der Waals surface area contributed by atoms with Crippen LogP contribution < -0.4 is 0 Å². The Labute approximate surface area is 161 Å². The van der Waals surface area contributed by atoms with E-state index in [1.54, 1.807) is 18.4 Å². The van der Waals surface area contributed by atoms with Gasteiger partial charge in [0.1, 0.15) is 11.6 Å². The predicted molar refractivity (Wildman–Crippen MR) is 104 cm³/mol. The van der Waals surface area contributed by atoms with Crippen molar-refractivity contribution in [2.75, 3.05) is 0 Å². The van der Waals surface area contributed by atoms with Gasteiger partial charge in [-0.3, -0.25) is 4.57 Å². The van der Waals surface area contributed by atoms with E-state index in [1.807, 2.05) is 47.9 Å². The zero-order valence-corrected chi connectivity index (χ0v) is 15.6. The molecule has 0 bridgehead atoms. The van der Waals surface area contributed by atoms with Gasteiger partial charge in [-0.2, -0.15) is 0 Å². The van der Waals surface area contributed by atoms with Crippen LogP contribution in [-0.4, -0.2) is 14.8 Å². The molecule has 0 aliphatic heterocycles. The van der Waals surface area contributed by atoms with Gasteiger partial charge in [0, 0.05) is 11.3 Å². The summed E-state index contributed by atoms with van der Waals surface area (Å²) in [6, 6.07) is 18.7. The minimum atomic E-state index is -0.207. The van der Waals surface area contributed by atoms with Crippen molar-refractivity contribution in [3.8, 4) is 11.4 Å². The molecule has 0 fully saturated rings. The summed E-state index contributed by atoms with van der Waals surface area (Å²) < 4.78 is 21.5. The molecule has 0 saturated carbocycles.